The van der Waals surface area contributed by atoms with E-state index in [2.05, 4.69) is 14.9 Å². The average Bonchev–Trinajstić information content (AvgIpc) is 2.81. The van der Waals surface area contributed by atoms with Crippen LogP contribution in [0.1, 0.15) is 12.2 Å². The van der Waals surface area contributed by atoms with Gasteiger partial charge in [0, 0.05) is 20.1 Å². The van der Waals surface area contributed by atoms with Gasteiger partial charge in [0.05, 0.1) is 18.5 Å². The highest BCUT2D eigenvalue weighted by molar-refractivity contribution is 7.16. The number of aromatic nitrogens is 2. The minimum atomic E-state index is 0.146. The lowest BCUT2D eigenvalue weighted by atomic mass is 10.3. The number of hydrogen-bond donors (Lipinski definition) is 1. The maximum Gasteiger partial charge on any atom is 0.236 e. The van der Waals surface area contributed by atoms with E-state index in [0.717, 1.165) is 29.7 Å². The fourth-order valence-electron chi connectivity index (χ4n) is 2.38. The number of carbonyl (C=O) groups excluding carboxylic acids is 1. The zero-order valence-electron chi connectivity index (χ0n) is 11.4. The highest BCUT2D eigenvalue weighted by atomic mass is 32.1. The second kappa shape index (κ2) is 5.34. The molecule has 6 nitrogen and oxygen atoms in total. The van der Waals surface area contributed by atoms with Gasteiger partial charge in [-0.3, -0.25) is 9.69 Å². The highest BCUT2D eigenvalue weighted by Gasteiger charge is 2.20. The smallest absolute Gasteiger partial charge is 0.236 e. The van der Waals surface area contributed by atoms with Crippen LogP contribution < -0.4 is 5.73 Å². The Morgan fingerprint density at radius 1 is 1.40 bits per heavy atom. The number of amides is 1. The highest BCUT2D eigenvalue weighted by Crippen LogP contribution is 2.23. The maximum absolute atomic E-state index is 11.9. The zero-order valence-corrected chi connectivity index (χ0v) is 12.2. The van der Waals surface area contributed by atoms with E-state index in [1.165, 1.54) is 0 Å². The lowest BCUT2D eigenvalue weighted by Gasteiger charge is -2.18. The number of rotatable bonds is 2. The van der Waals surface area contributed by atoms with Crippen LogP contribution in [0.4, 0.5) is 5.82 Å². The van der Waals surface area contributed by atoms with Gasteiger partial charge >= 0.3 is 0 Å². The monoisotopic (exact) mass is 291 g/mol. The summed E-state index contributed by atoms with van der Waals surface area (Å²) in [7, 11) is 1.85. The molecule has 2 N–H and O–H groups in total. The van der Waals surface area contributed by atoms with Gasteiger partial charge in [-0.2, -0.15) is 0 Å². The minimum Gasteiger partial charge on any atom is -0.383 e. The fraction of sp³-hybridized carbons (Fsp3) is 0.462. The molecule has 0 atom stereocenters. The van der Waals surface area contributed by atoms with E-state index in [1.807, 2.05) is 18.5 Å². The molecular weight excluding hydrogens is 274 g/mol. The fourth-order valence-corrected chi connectivity index (χ4v) is 3.17. The number of nitrogen functional groups attached to an aromatic ring is 1. The molecule has 2 aromatic heterocycles. The van der Waals surface area contributed by atoms with Crippen molar-refractivity contribution in [2.45, 2.75) is 13.0 Å². The number of nitrogens with zero attached hydrogens (tertiary/aromatic N) is 4. The summed E-state index contributed by atoms with van der Waals surface area (Å²) in [6, 6.07) is 1.93. The molecule has 0 unspecified atom stereocenters. The summed E-state index contributed by atoms with van der Waals surface area (Å²) in [5.41, 5.74) is 5.95. The summed E-state index contributed by atoms with van der Waals surface area (Å²) in [6.45, 7) is 2.67. The summed E-state index contributed by atoms with van der Waals surface area (Å²) in [5, 5.41) is 2.87. The molecule has 3 rings (SSSR count). The molecule has 1 aliphatic rings. The molecule has 0 saturated carbocycles. The normalized spacial score (nSPS) is 17.6. The maximum atomic E-state index is 11.9. The predicted molar refractivity (Wildman–Crippen MR) is 79.4 cm³/mol. The number of anilines is 1. The third-order valence-corrected chi connectivity index (χ3v) is 4.32. The molecule has 1 fully saturated rings. The van der Waals surface area contributed by atoms with Crippen LogP contribution in [0.15, 0.2) is 11.4 Å². The Morgan fingerprint density at radius 2 is 2.25 bits per heavy atom. The van der Waals surface area contributed by atoms with Gasteiger partial charge in [0.1, 0.15) is 16.5 Å². The first kappa shape index (κ1) is 13.3. The van der Waals surface area contributed by atoms with Crippen LogP contribution in [0.25, 0.3) is 10.2 Å². The first-order valence-corrected chi connectivity index (χ1v) is 7.47. The van der Waals surface area contributed by atoms with E-state index >= 15 is 0 Å². The van der Waals surface area contributed by atoms with Crippen LogP contribution in [0.3, 0.4) is 0 Å². The molecule has 7 heteroatoms. The van der Waals surface area contributed by atoms with Crippen molar-refractivity contribution in [3.63, 3.8) is 0 Å². The van der Waals surface area contributed by atoms with Gasteiger partial charge in [0.2, 0.25) is 5.91 Å². The molecule has 1 aliphatic heterocycles. The predicted octanol–water partition coefficient (Wildman–Crippen LogP) is 0.938. The molecule has 20 heavy (non-hydrogen) atoms. The van der Waals surface area contributed by atoms with Gasteiger partial charge in [-0.05, 0) is 17.9 Å². The van der Waals surface area contributed by atoms with E-state index in [9.17, 15) is 4.79 Å². The minimum absolute atomic E-state index is 0.146. The lowest BCUT2D eigenvalue weighted by molar-refractivity contribution is -0.130. The van der Waals surface area contributed by atoms with Gasteiger partial charge in [-0.25, -0.2) is 9.97 Å². The number of fused-ring (bicyclic) bond motifs is 1. The molecule has 1 saturated heterocycles. The molecule has 0 bridgehead atoms. The second-order valence-electron chi connectivity index (χ2n) is 5.04. The van der Waals surface area contributed by atoms with Crippen LogP contribution in [-0.4, -0.2) is 52.4 Å². The van der Waals surface area contributed by atoms with Crippen LogP contribution in [0.2, 0.25) is 0 Å². The van der Waals surface area contributed by atoms with Gasteiger partial charge in [-0.1, -0.05) is 0 Å². The third kappa shape index (κ3) is 2.59. The van der Waals surface area contributed by atoms with E-state index in [-0.39, 0.29) is 5.91 Å². The first-order valence-electron chi connectivity index (χ1n) is 6.59. The number of nitrogens with two attached hydrogens (primary N) is 1. The Morgan fingerprint density at radius 3 is 3.10 bits per heavy atom. The van der Waals surface area contributed by atoms with Crippen molar-refractivity contribution in [1.29, 1.82) is 0 Å². The summed E-state index contributed by atoms with van der Waals surface area (Å²) >= 11 is 1.56. The van der Waals surface area contributed by atoms with Crippen molar-refractivity contribution in [1.82, 2.24) is 19.8 Å². The van der Waals surface area contributed by atoms with Crippen molar-refractivity contribution >= 4 is 33.3 Å². The van der Waals surface area contributed by atoms with E-state index in [0.29, 0.717) is 24.7 Å². The number of thiophene rings is 1. The van der Waals surface area contributed by atoms with Crippen molar-refractivity contribution in [3.05, 3.63) is 17.3 Å². The topological polar surface area (TPSA) is 75.3 Å². The summed E-state index contributed by atoms with van der Waals surface area (Å²) in [6.07, 6.45) is 0.971. The van der Waals surface area contributed by atoms with Crippen LogP contribution >= 0.6 is 11.3 Å². The van der Waals surface area contributed by atoms with Crippen molar-refractivity contribution in [2.75, 3.05) is 32.4 Å². The van der Waals surface area contributed by atoms with Crippen LogP contribution in [0.5, 0.6) is 0 Å². The van der Waals surface area contributed by atoms with Crippen molar-refractivity contribution in [2.24, 2.45) is 0 Å². The number of carbonyl (C=O) groups is 1. The van der Waals surface area contributed by atoms with Gasteiger partial charge in [0.25, 0.3) is 0 Å². The van der Waals surface area contributed by atoms with Crippen molar-refractivity contribution in [3.8, 4) is 0 Å². The molecule has 0 spiro atoms. The molecule has 1 amide bonds. The Bertz CT molecular complexity index is 641. The Labute approximate surface area is 121 Å². The average molecular weight is 291 g/mol. The lowest BCUT2D eigenvalue weighted by Crippen LogP contribution is -2.34. The summed E-state index contributed by atoms with van der Waals surface area (Å²) in [5.74, 6) is 1.35. The molecule has 0 aromatic carbocycles. The summed E-state index contributed by atoms with van der Waals surface area (Å²) < 4.78 is 0. The molecule has 2 aromatic rings. The van der Waals surface area contributed by atoms with Crippen LogP contribution in [0, 0.1) is 0 Å². The Kier molecular flexibility index (Phi) is 3.54. The molecule has 0 aliphatic carbocycles. The molecule has 3 heterocycles. The SMILES string of the molecule is CN1CCCN(Cc2nc(N)c3ccsc3n2)CC1=O. The standard InChI is InChI=1S/C13H17N5OS/c1-17-4-2-5-18(8-11(17)19)7-10-15-12(14)9-3-6-20-13(9)16-10/h3,6H,2,4-5,7-8H2,1H3,(H2,14,15,16). The molecular formula is C13H17N5OS. The Balaban J connectivity index is 1.80. The Hall–Kier alpha value is -1.73. The third-order valence-electron chi connectivity index (χ3n) is 3.52. The van der Waals surface area contributed by atoms with E-state index in [1.54, 1.807) is 16.2 Å². The van der Waals surface area contributed by atoms with E-state index < -0.39 is 0 Å². The number of hydrogen-bond acceptors (Lipinski definition) is 6. The van der Waals surface area contributed by atoms with Crippen LogP contribution in [-0.2, 0) is 11.3 Å². The van der Waals surface area contributed by atoms with Gasteiger partial charge in [0.15, 0.2) is 0 Å². The van der Waals surface area contributed by atoms with E-state index in [4.69, 9.17) is 5.73 Å². The first-order chi connectivity index (χ1) is 9.63. The van der Waals surface area contributed by atoms with Gasteiger partial charge < -0.3 is 10.6 Å². The zero-order chi connectivity index (χ0) is 14.1. The molecule has 106 valence electrons. The largest absolute Gasteiger partial charge is 0.383 e. The summed E-state index contributed by atoms with van der Waals surface area (Å²) in [4.78, 5) is 25.5. The quantitative estimate of drug-likeness (QED) is 0.891. The second-order valence-corrected chi connectivity index (χ2v) is 5.94. The van der Waals surface area contributed by atoms with Crippen molar-refractivity contribution < 1.29 is 4.79 Å². The number of likely N-dealkylation sites (N-methyl/N-ethyl adjacent to an activating group) is 1. The van der Waals surface area contributed by atoms with Gasteiger partial charge in [-0.15, -0.1) is 11.3 Å². The molecule has 0 radical (unpaired) electrons.